The summed E-state index contributed by atoms with van der Waals surface area (Å²) in [7, 11) is 0. The van der Waals surface area contributed by atoms with Gasteiger partial charge in [-0.1, -0.05) is 48.0 Å². The van der Waals surface area contributed by atoms with Gasteiger partial charge in [-0.25, -0.2) is 0 Å². The van der Waals surface area contributed by atoms with Crippen LogP contribution in [0.4, 0.5) is 5.69 Å². The van der Waals surface area contributed by atoms with Crippen molar-refractivity contribution < 1.29 is 9.59 Å². The lowest BCUT2D eigenvalue weighted by atomic mass is 10.1. The van der Waals surface area contributed by atoms with Crippen LogP contribution < -0.4 is 10.6 Å². The Morgan fingerprint density at radius 3 is 2.32 bits per heavy atom. The number of nitrogens with one attached hydrogen (secondary N) is 2. The number of benzene rings is 2. The maximum atomic E-state index is 11.8. The number of rotatable bonds is 9. The van der Waals surface area contributed by atoms with Crippen LogP contribution in [0.1, 0.15) is 17.5 Å². The van der Waals surface area contributed by atoms with Crippen LogP contribution in [0.25, 0.3) is 0 Å². The Hall–Kier alpha value is -2.27. The first-order valence-electron chi connectivity index (χ1n) is 8.38. The van der Waals surface area contributed by atoms with Gasteiger partial charge in [0, 0.05) is 12.2 Å². The number of hydrogen-bond donors (Lipinski definition) is 2. The van der Waals surface area contributed by atoms with Gasteiger partial charge in [0.15, 0.2) is 0 Å². The van der Waals surface area contributed by atoms with E-state index in [0.717, 1.165) is 24.1 Å². The molecule has 132 valence electrons. The predicted molar refractivity (Wildman–Crippen MR) is 105 cm³/mol. The minimum absolute atomic E-state index is 0.0267. The zero-order chi connectivity index (χ0) is 17.9. The Morgan fingerprint density at radius 2 is 1.60 bits per heavy atom. The second kappa shape index (κ2) is 10.6. The van der Waals surface area contributed by atoms with E-state index in [1.165, 1.54) is 17.3 Å². The molecule has 2 amide bonds. The van der Waals surface area contributed by atoms with Crippen molar-refractivity contribution in [2.45, 2.75) is 19.8 Å². The third kappa shape index (κ3) is 7.90. The van der Waals surface area contributed by atoms with Gasteiger partial charge in [0.25, 0.3) is 0 Å². The Kier molecular flexibility index (Phi) is 8.05. The highest BCUT2D eigenvalue weighted by Gasteiger charge is 2.06. The lowest BCUT2D eigenvalue weighted by molar-refractivity contribution is -0.118. The maximum absolute atomic E-state index is 11.8. The molecule has 2 rings (SSSR count). The highest BCUT2D eigenvalue weighted by molar-refractivity contribution is 8.00. The highest BCUT2D eigenvalue weighted by Crippen LogP contribution is 2.09. The number of hydrogen-bond acceptors (Lipinski definition) is 3. The summed E-state index contributed by atoms with van der Waals surface area (Å²) in [5, 5.41) is 5.71. The molecule has 0 unspecified atom stereocenters. The summed E-state index contributed by atoms with van der Waals surface area (Å²) in [6.07, 6.45) is 1.86. The van der Waals surface area contributed by atoms with Gasteiger partial charge in [0.05, 0.1) is 11.5 Å². The van der Waals surface area contributed by atoms with E-state index in [2.05, 4.69) is 22.8 Å². The minimum atomic E-state index is -0.0919. The average molecular weight is 356 g/mol. The Morgan fingerprint density at radius 1 is 0.920 bits per heavy atom. The molecule has 0 aliphatic carbocycles. The van der Waals surface area contributed by atoms with E-state index in [1.54, 1.807) is 0 Å². The molecule has 5 heteroatoms. The zero-order valence-corrected chi connectivity index (χ0v) is 15.3. The number of amides is 2. The molecule has 0 radical (unpaired) electrons. The lowest BCUT2D eigenvalue weighted by Crippen LogP contribution is -2.27. The smallest absolute Gasteiger partial charge is 0.234 e. The third-order valence-electron chi connectivity index (χ3n) is 3.61. The lowest BCUT2D eigenvalue weighted by Gasteiger charge is -2.07. The largest absolute Gasteiger partial charge is 0.355 e. The van der Waals surface area contributed by atoms with Gasteiger partial charge in [-0.15, -0.1) is 11.8 Å². The second-order valence-electron chi connectivity index (χ2n) is 5.85. The van der Waals surface area contributed by atoms with Crippen LogP contribution >= 0.6 is 11.8 Å². The molecule has 0 aromatic heterocycles. The molecule has 0 spiro atoms. The van der Waals surface area contributed by atoms with Crippen LogP contribution in [0.2, 0.25) is 0 Å². The van der Waals surface area contributed by atoms with Crippen molar-refractivity contribution in [2.75, 3.05) is 23.4 Å². The van der Waals surface area contributed by atoms with Gasteiger partial charge >= 0.3 is 0 Å². The van der Waals surface area contributed by atoms with Gasteiger partial charge in [-0.05, 0) is 37.5 Å². The summed E-state index contributed by atoms with van der Waals surface area (Å²) in [5.41, 5.74) is 3.21. The molecule has 0 saturated heterocycles. The van der Waals surface area contributed by atoms with E-state index in [-0.39, 0.29) is 17.6 Å². The Labute approximate surface area is 153 Å². The first kappa shape index (κ1) is 19.1. The molecular formula is C20H24N2O2S. The van der Waals surface area contributed by atoms with E-state index in [1.807, 2.05) is 49.4 Å². The molecular weight excluding hydrogens is 332 g/mol. The predicted octanol–water partition coefficient (Wildman–Crippen LogP) is 3.42. The molecule has 2 aromatic rings. The van der Waals surface area contributed by atoms with Crippen LogP contribution in [0.15, 0.2) is 54.6 Å². The van der Waals surface area contributed by atoms with Gasteiger partial charge in [0.1, 0.15) is 0 Å². The first-order valence-corrected chi connectivity index (χ1v) is 9.54. The van der Waals surface area contributed by atoms with Crippen molar-refractivity contribution in [3.05, 3.63) is 65.7 Å². The molecule has 0 bridgehead atoms. The van der Waals surface area contributed by atoms with E-state index in [0.29, 0.717) is 12.3 Å². The fourth-order valence-electron chi connectivity index (χ4n) is 2.29. The fourth-order valence-corrected chi connectivity index (χ4v) is 2.93. The average Bonchev–Trinajstić information content (AvgIpc) is 2.62. The number of thioether (sulfide) groups is 1. The second-order valence-corrected chi connectivity index (χ2v) is 6.83. The van der Waals surface area contributed by atoms with E-state index in [4.69, 9.17) is 0 Å². The van der Waals surface area contributed by atoms with Crippen LogP contribution in [-0.4, -0.2) is 29.9 Å². The van der Waals surface area contributed by atoms with Crippen LogP contribution in [0.5, 0.6) is 0 Å². The van der Waals surface area contributed by atoms with Gasteiger partial charge in [0.2, 0.25) is 11.8 Å². The molecule has 0 heterocycles. The first-order chi connectivity index (χ1) is 12.1. The molecule has 2 N–H and O–H groups in total. The quantitative estimate of drug-likeness (QED) is 0.677. The van der Waals surface area contributed by atoms with Crippen molar-refractivity contribution in [3.8, 4) is 0 Å². The maximum Gasteiger partial charge on any atom is 0.234 e. The summed E-state index contributed by atoms with van der Waals surface area (Å²) in [6.45, 7) is 2.66. The van der Waals surface area contributed by atoms with Gasteiger partial charge in [-0.2, -0.15) is 0 Å². The topological polar surface area (TPSA) is 58.2 Å². The number of carbonyl (C=O) groups is 2. The van der Waals surface area contributed by atoms with E-state index >= 15 is 0 Å². The monoisotopic (exact) mass is 356 g/mol. The molecule has 0 fully saturated rings. The summed E-state index contributed by atoms with van der Waals surface area (Å²) in [4.78, 5) is 23.6. The highest BCUT2D eigenvalue weighted by atomic mass is 32.2. The number of carbonyl (C=O) groups excluding carboxylic acids is 2. The number of aryl methyl sites for hydroxylation is 2. The van der Waals surface area contributed by atoms with Crippen LogP contribution in [-0.2, 0) is 16.0 Å². The zero-order valence-electron chi connectivity index (χ0n) is 14.5. The fraction of sp³-hybridized carbons (Fsp3) is 0.300. The Bertz CT molecular complexity index is 672. The van der Waals surface area contributed by atoms with Crippen molar-refractivity contribution in [1.82, 2.24) is 5.32 Å². The summed E-state index contributed by atoms with van der Waals surface area (Å²) in [5.74, 6) is 0.449. The number of anilines is 1. The van der Waals surface area contributed by atoms with Crippen LogP contribution in [0, 0.1) is 6.92 Å². The van der Waals surface area contributed by atoms with Crippen molar-refractivity contribution in [1.29, 1.82) is 0 Å². The van der Waals surface area contributed by atoms with E-state index in [9.17, 15) is 9.59 Å². The summed E-state index contributed by atoms with van der Waals surface area (Å²) >= 11 is 1.32. The third-order valence-corrected chi connectivity index (χ3v) is 4.54. The van der Waals surface area contributed by atoms with Crippen molar-refractivity contribution in [2.24, 2.45) is 0 Å². The van der Waals surface area contributed by atoms with Crippen molar-refractivity contribution >= 4 is 29.3 Å². The minimum Gasteiger partial charge on any atom is -0.355 e. The molecule has 4 nitrogen and oxygen atoms in total. The summed E-state index contributed by atoms with van der Waals surface area (Å²) in [6, 6.07) is 17.9. The van der Waals surface area contributed by atoms with E-state index < -0.39 is 0 Å². The van der Waals surface area contributed by atoms with Gasteiger partial charge < -0.3 is 10.6 Å². The SMILES string of the molecule is Cc1ccc(NC(=O)CSCC(=O)NCCCc2ccccc2)cc1. The van der Waals surface area contributed by atoms with Gasteiger partial charge in [-0.3, -0.25) is 9.59 Å². The van der Waals surface area contributed by atoms with Crippen molar-refractivity contribution in [3.63, 3.8) is 0 Å². The molecule has 25 heavy (non-hydrogen) atoms. The van der Waals surface area contributed by atoms with Crippen LogP contribution in [0.3, 0.4) is 0 Å². The standard InChI is InChI=1S/C20H24N2O2S/c1-16-9-11-18(12-10-16)22-20(24)15-25-14-19(23)21-13-5-8-17-6-3-2-4-7-17/h2-4,6-7,9-12H,5,8,13-15H2,1H3,(H,21,23)(H,22,24). The molecule has 2 aromatic carbocycles. The molecule has 0 aliphatic rings. The molecule has 0 saturated carbocycles. The summed E-state index contributed by atoms with van der Waals surface area (Å²) < 4.78 is 0. The molecule has 0 aliphatic heterocycles. The normalized spacial score (nSPS) is 10.3. The Balaban J connectivity index is 1.54. The molecule has 0 atom stereocenters.